The number of hydrogen-bond donors (Lipinski definition) is 2. The summed E-state index contributed by atoms with van der Waals surface area (Å²) in [6.45, 7) is 2.06. The normalized spacial score (nSPS) is 28.7. The summed E-state index contributed by atoms with van der Waals surface area (Å²) in [5.41, 5.74) is 7.10. The zero-order valence-corrected chi connectivity index (χ0v) is 10.6. The van der Waals surface area contributed by atoms with Crippen LogP contribution in [0, 0.1) is 6.92 Å². The van der Waals surface area contributed by atoms with E-state index in [0.29, 0.717) is 18.6 Å². The molecule has 1 aromatic heterocycles. The van der Waals surface area contributed by atoms with Crippen LogP contribution in [0.5, 0.6) is 0 Å². The lowest BCUT2D eigenvalue weighted by Crippen LogP contribution is -2.36. The number of nitrogens with two attached hydrogens (primary N) is 1. The van der Waals surface area contributed by atoms with Gasteiger partial charge in [-0.05, 0) is 50.8 Å². The average molecular weight is 245 g/mol. The number of furan rings is 1. The van der Waals surface area contributed by atoms with Crippen molar-refractivity contribution in [1.82, 2.24) is 0 Å². The summed E-state index contributed by atoms with van der Waals surface area (Å²) >= 11 is 0. The van der Waals surface area contributed by atoms with Crippen molar-refractivity contribution >= 4 is 11.0 Å². The van der Waals surface area contributed by atoms with Gasteiger partial charge < -0.3 is 15.3 Å². The number of aryl methyl sites for hydroxylation is 1. The van der Waals surface area contributed by atoms with Gasteiger partial charge in [-0.25, -0.2) is 0 Å². The second-order valence-electron chi connectivity index (χ2n) is 5.52. The van der Waals surface area contributed by atoms with Crippen molar-refractivity contribution < 1.29 is 9.52 Å². The maximum absolute atomic E-state index is 10.7. The third-order valence-corrected chi connectivity index (χ3v) is 3.99. The van der Waals surface area contributed by atoms with Crippen LogP contribution in [0.1, 0.15) is 37.0 Å². The Kier molecular flexibility index (Phi) is 2.68. The van der Waals surface area contributed by atoms with E-state index in [1.807, 2.05) is 18.2 Å². The Balaban J connectivity index is 1.98. The van der Waals surface area contributed by atoms with E-state index in [4.69, 9.17) is 10.2 Å². The van der Waals surface area contributed by atoms with E-state index < -0.39 is 5.60 Å². The maximum Gasteiger partial charge on any atom is 0.136 e. The van der Waals surface area contributed by atoms with Crippen molar-refractivity contribution in [3.8, 4) is 0 Å². The molecular formula is C15H19NO2. The van der Waals surface area contributed by atoms with Crippen LogP contribution in [0.15, 0.2) is 28.7 Å². The monoisotopic (exact) mass is 245 g/mol. The SMILES string of the molecule is Cc1ccc2oc(C3(O)CCC(N)CC3)cc2c1. The largest absolute Gasteiger partial charge is 0.458 e. The zero-order valence-electron chi connectivity index (χ0n) is 10.6. The fourth-order valence-electron chi connectivity index (χ4n) is 2.76. The highest BCUT2D eigenvalue weighted by molar-refractivity contribution is 5.78. The van der Waals surface area contributed by atoms with E-state index in [1.54, 1.807) is 0 Å². The molecule has 2 aromatic rings. The van der Waals surface area contributed by atoms with Crippen molar-refractivity contribution in [3.05, 3.63) is 35.6 Å². The summed E-state index contributed by atoms with van der Waals surface area (Å²) in [7, 11) is 0. The molecule has 0 radical (unpaired) electrons. The molecule has 1 fully saturated rings. The highest BCUT2D eigenvalue weighted by Gasteiger charge is 2.36. The van der Waals surface area contributed by atoms with Gasteiger partial charge in [-0.1, -0.05) is 11.6 Å². The fraction of sp³-hybridized carbons (Fsp3) is 0.467. The van der Waals surface area contributed by atoms with Gasteiger partial charge in [-0.3, -0.25) is 0 Å². The highest BCUT2D eigenvalue weighted by atomic mass is 16.4. The Morgan fingerprint density at radius 1 is 1.28 bits per heavy atom. The third-order valence-electron chi connectivity index (χ3n) is 3.99. The molecule has 0 atom stereocenters. The summed E-state index contributed by atoms with van der Waals surface area (Å²) in [6.07, 6.45) is 3.08. The van der Waals surface area contributed by atoms with Crippen LogP contribution >= 0.6 is 0 Å². The highest BCUT2D eigenvalue weighted by Crippen LogP contribution is 2.39. The Morgan fingerprint density at radius 2 is 2.00 bits per heavy atom. The molecule has 96 valence electrons. The molecule has 1 aliphatic rings. The van der Waals surface area contributed by atoms with Gasteiger partial charge in [0.25, 0.3) is 0 Å². The van der Waals surface area contributed by atoms with Crippen LogP contribution in [-0.2, 0) is 5.60 Å². The van der Waals surface area contributed by atoms with Gasteiger partial charge in [0, 0.05) is 11.4 Å². The Hall–Kier alpha value is -1.32. The first-order chi connectivity index (χ1) is 8.57. The fourth-order valence-corrected chi connectivity index (χ4v) is 2.76. The van der Waals surface area contributed by atoms with Crippen molar-refractivity contribution in [2.24, 2.45) is 5.73 Å². The topological polar surface area (TPSA) is 59.4 Å². The van der Waals surface area contributed by atoms with Gasteiger partial charge in [0.1, 0.15) is 16.9 Å². The minimum absolute atomic E-state index is 0.219. The van der Waals surface area contributed by atoms with Crippen LogP contribution in [0.4, 0.5) is 0 Å². The van der Waals surface area contributed by atoms with Crippen LogP contribution in [0.3, 0.4) is 0 Å². The van der Waals surface area contributed by atoms with Gasteiger partial charge >= 0.3 is 0 Å². The number of benzene rings is 1. The van der Waals surface area contributed by atoms with Crippen molar-refractivity contribution in [3.63, 3.8) is 0 Å². The quantitative estimate of drug-likeness (QED) is 0.812. The van der Waals surface area contributed by atoms with Gasteiger partial charge in [-0.2, -0.15) is 0 Å². The minimum Gasteiger partial charge on any atom is -0.458 e. The van der Waals surface area contributed by atoms with Crippen molar-refractivity contribution in [2.75, 3.05) is 0 Å². The molecule has 1 saturated carbocycles. The molecule has 0 spiro atoms. The summed E-state index contributed by atoms with van der Waals surface area (Å²) in [4.78, 5) is 0. The third kappa shape index (κ3) is 1.93. The first-order valence-electron chi connectivity index (χ1n) is 6.55. The molecule has 0 saturated heterocycles. The zero-order chi connectivity index (χ0) is 12.8. The molecular weight excluding hydrogens is 226 g/mol. The summed E-state index contributed by atoms with van der Waals surface area (Å²) in [5.74, 6) is 0.690. The smallest absolute Gasteiger partial charge is 0.136 e. The number of hydrogen-bond acceptors (Lipinski definition) is 3. The van der Waals surface area contributed by atoms with Gasteiger partial charge in [0.05, 0.1) is 0 Å². The Morgan fingerprint density at radius 3 is 2.72 bits per heavy atom. The molecule has 3 heteroatoms. The second-order valence-corrected chi connectivity index (χ2v) is 5.52. The van der Waals surface area contributed by atoms with Crippen molar-refractivity contribution in [2.45, 2.75) is 44.2 Å². The average Bonchev–Trinajstić information content (AvgIpc) is 2.77. The molecule has 0 bridgehead atoms. The molecule has 0 unspecified atom stereocenters. The lowest BCUT2D eigenvalue weighted by Gasteiger charge is -2.32. The van der Waals surface area contributed by atoms with Gasteiger partial charge in [0.15, 0.2) is 0 Å². The minimum atomic E-state index is -0.831. The molecule has 1 heterocycles. The van der Waals surface area contributed by atoms with E-state index in [9.17, 15) is 5.11 Å². The number of aliphatic hydroxyl groups is 1. The van der Waals surface area contributed by atoms with E-state index in [1.165, 1.54) is 5.56 Å². The molecule has 3 rings (SSSR count). The molecule has 18 heavy (non-hydrogen) atoms. The number of rotatable bonds is 1. The van der Waals surface area contributed by atoms with Crippen LogP contribution in [0.25, 0.3) is 11.0 Å². The lowest BCUT2D eigenvalue weighted by atomic mass is 9.81. The summed E-state index contributed by atoms with van der Waals surface area (Å²) in [5, 5.41) is 11.7. The standard InChI is InChI=1S/C15H19NO2/c1-10-2-3-13-11(8-10)9-14(18-13)15(17)6-4-12(16)5-7-15/h2-3,8-9,12,17H,4-7,16H2,1H3. The molecule has 1 aliphatic carbocycles. The molecule has 1 aromatic carbocycles. The van der Waals surface area contributed by atoms with Crippen molar-refractivity contribution in [1.29, 1.82) is 0 Å². The summed E-state index contributed by atoms with van der Waals surface area (Å²) < 4.78 is 5.81. The van der Waals surface area contributed by atoms with Gasteiger partial charge in [-0.15, -0.1) is 0 Å². The predicted octanol–water partition coefficient (Wildman–Crippen LogP) is 2.83. The van der Waals surface area contributed by atoms with E-state index in [2.05, 4.69) is 13.0 Å². The molecule has 0 amide bonds. The molecule has 0 aliphatic heterocycles. The number of fused-ring (bicyclic) bond motifs is 1. The predicted molar refractivity (Wildman–Crippen MR) is 71.3 cm³/mol. The van der Waals surface area contributed by atoms with E-state index in [0.717, 1.165) is 23.8 Å². The summed E-state index contributed by atoms with van der Waals surface area (Å²) in [6, 6.07) is 8.26. The first-order valence-corrected chi connectivity index (χ1v) is 6.55. The van der Waals surface area contributed by atoms with Crippen LogP contribution < -0.4 is 5.73 Å². The molecule has 3 nitrogen and oxygen atoms in total. The van der Waals surface area contributed by atoms with E-state index >= 15 is 0 Å². The second kappa shape index (κ2) is 4.11. The lowest BCUT2D eigenvalue weighted by molar-refractivity contribution is -0.0225. The van der Waals surface area contributed by atoms with Gasteiger partial charge in [0.2, 0.25) is 0 Å². The van der Waals surface area contributed by atoms with Crippen LogP contribution in [-0.4, -0.2) is 11.1 Å². The maximum atomic E-state index is 10.7. The molecule has 3 N–H and O–H groups in total. The Labute approximate surface area is 107 Å². The van der Waals surface area contributed by atoms with Crippen LogP contribution in [0.2, 0.25) is 0 Å². The first kappa shape index (κ1) is 11.8. The van der Waals surface area contributed by atoms with E-state index in [-0.39, 0.29) is 6.04 Å². The Bertz CT molecular complexity index is 565.